The van der Waals surface area contributed by atoms with Crippen molar-refractivity contribution in [3.8, 4) is 5.75 Å². The highest BCUT2D eigenvalue weighted by atomic mass is 16.5. The van der Waals surface area contributed by atoms with Crippen LogP contribution in [0.2, 0.25) is 0 Å². The summed E-state index contributed by atoms with van der Waals surface area (Å²) in [7, 11) is 1.68. The first-order valence-electron chi connectivity index (χ1n) is 12.7. The van der Waals surface area contributed by atoms with Crippen molar-refractivity contribution in [2.45, 2.75) is 46.2 Å². The number of hydrogen-bond acceptors (Lipinski definition) is 7. The molecule has 1 N–H and O–H groups in total. The van der Waals surface area contributed by atoms with Gasteiger partial charge in [-0.25, -0.2) is 4.68 Å². The summed E-state index contributed by atoms with van der Waals surface area (Å²) >= 11 is 0. The molecule has 0 bridgehead atoms. The third kappa shape index (κ3) is 4.83. The van der Waals surface area contributed by atoms with E-state index in [4.69, 9.17) is 4.74 Å². The van der Waals surface area contributed by atoms with E-state index in [0.717, 1.165) is 59.6 Å². The smallest absolute Gasteiger partial charge is 0.253 e. The van der Waals surface area contributed by atoms with Gasteiger partial charge in [0.15, 0.2) is 5.82 Å². The number of H-pyrrole nitrogens is 1. The number of anilines is 1. The molecule has 2 aromatic heterocycles. The number of aromatic amines is 1. The van der Waals surface area contributed by atoms with Crippen molar-refractivity contribution in [2.24, 2.45) is 0 Å². The highest BCUT2D eigenvalue weighted by Crippen LogP contribution is 2.31. The van der Waals surface area contributed by atoms with Gasteiger partial charge in [-0.1, -0.05) is 11.6 Å². The quantitative estimate of drug-likeness (QED) is 0.445. The van der Waals surface area contributed by atoms with E-state index in [1.54, 1.807) is 7.11 Å². The number of rotatable bonds is 5. The minimum absolute atomic E-state index is 0.106. The Balaban J connectivity index is 1.55. The van der Waals surface area contributed by atoms with Gasteiger partial charge < -0.3 is 14.6 Å². The van der Waals surface area contributed by atoms with Crippen molar-refractivity contribution in [3.63, 3.8) is 0 Å². The van der Waals surface area contributed by atoms with Crippen molar-refractivity contribution in [1.82, 2.24) is 30.1 Å². The molecule has 194 valence electrons. The van der Waals surface area contributed by atoms with Crippen molar-refractivity contribution in [3.05, 3.63) is 75.3 Å². The molecular weight excluding hydrogens is 466 g/mol. The lowest BCUT2D eigenvalue weighted by Crippen LogP contribution is -2.49. The monoisotopic (exact) mass is 501 g/mol. The normalized spacial score (nSPS) is 15.8. The van der Waals surface area contributed by atoms with Crippen LogP contribution in [0.25, 0.3) is 10.9 Å². The van der Waals surface area contributed by atoms with Gasteiger partial charge in [0.1, 0.15) is 11.8 Å². The topological polar surface area (TPSA) is 92.2 Å². The molecule has 0 saturated carbocycles. The van der Waals surface area contributed by atoms with E-state index in [0.29, 0.717) is 11.4 Å². The summed E-state index contributed by atoms with van der Waals surface area (Å²) in [6.45, 7) is 13.5. The molecule has 9 heteroatoms. The Hall–Kier alpha value is -3.72. The van der Waals surface area contributed by atoms with E-state index in [1.165, 1.54) is 0 Å². The largest absolute Gasteiger partial charge is 0.497 e. The second-order valence-electron chi connectivity index (χ2n) is 10.8. The SMILES string of the molecule is COc1ccc(N2CCN([C@@H](c3cc4cc(C)cc(C)c4[nH]c3=O)c3nnnn3C(C)(C)C)CC2)cc1. The fourth-order valence-electron chi connectivity index (χ4n) is 5.28. The number of ether oxygens (including phenoxy) is 1. The predicted octanol–water partition coefficient (Wildman–Crippen LogP) is 3.81. The van der Waals surface area contributed by atoms with Gasteiger partial charge in [-0.05, 0) is 92.4 Å². The van der Waals surface area contributed by atoms with Crippen molar-refractivity contribution >= 4 is 16.6 Å². The number of tetrazole rings is 1. The van der Waals surface area contributed by atoms with Crippen LogP contribution in [0.15, 0.2) is 47.3 Å². The van der Waals surface area contributed by atoms with E-state index < -0.39 is 0 Å². The van der Waals surface area contributed by atoms with Gasteiger partial charge in [0.2, 0.25) is 0 Å². The van der Waals surface area contributed by atoms with Gasteiger partial charge in [-0.3, -0.25) is 9.69 Å². The summed E-state index contributed by atoms with van der Waals surface area (Å²) < 4.78 is 7.16. The van der Waals surface area contributed by atoms with Crippen LogP contribution in [0.3, 0.4) is 0 Å². The number of aromatic nitrogens is 5. The van der Waals surface area contributed by atoms with Crippen LogP contribution in [0.5, 0.6) is 5.75 Å². The second kappa shape index (κ2) is 9.63. The van der Waals surface area contributed by atoms with Crippen molar-refractivity contribution in [2.75, 3.05) is 38.2 Å². The van der Waals surface area contributed by atoms with Gasteiger partial charge in [-0.2, -0.15) is 0 Å². The zero-order valence-corrected chi connectivity index (χ0v) is 22.4. The molecule has 1 atom stereocenters. The van der Waals surface area contributed by atoms with Crippen LogP contribution in [0, 0.1) is 13.8 Å². The van der Waals surface area contributed by atoms with Gasteiger partial charge in [0.05, 0.1) is 18.2 Å². The average Bonchev–Trinajstić information content (AvgIpc) is 3.36. The number of aryl methyl sites for hydroxylation is 2. The van der Waals surface area contributed by atoms with E-state index in [9.17, 15) is 4.79 Å². The van der Waals surface area contributed by atoms with Crippen LogP contribution in [-0.4, -0.2) is 63.4 Å². The summed E-state index contributed by atoms with van der Waals surface area (Å²) in [5.74, 6) is 1.53. The number of nitrogens with zero attached hydrogens (tertiary/aromatic N) is 6. The van der Waals surface area contributed by atoms with Crippen molar-refractivity contribution in [1.29, 1.82) is 0 Å². The van der Waals surface area contributed by atoms with Crippen molar-refractivity contribution < 1.29 is 4.74 Å². The van der Waals surface area contributed by atoms with Gasteiger partial charge in [-0.15, -0.1) is 5.10 Å². The lowest BCUT2D eigenvalue weighted by atomic mass is 9.99. The molecule has 37 heavy (non-hydrogen) atoms. The number of benzene rings is 2. The number of hydrogen-bond donors (Lipinski definition) is 1. The fourth-order valence-corrected chi connectivity index (χ4v) is 5.28. The summed E-state index contributed by atoms with van der Waals surface area (Å²) in [6, 6.07) is 14.0. The third-order valence-corrected chi connectivity index (χ3v) is 7.11. The Morgan fingerprint density at radius 2 is 1.70 bits per heavy atom. The highest BCUT2D eigenvalue weighted by molar-refractivity contribution is 5.83. The molecule has 0 radical (unpaired) electrons. The maximum absolute atomic E-state index is 13.6. The van der Waals surface area contributed by atoms with Crippen LogP contribution < -0.4 is 15.2 Å². The zero-order chi connectivity index (χ0) is 26.3. The molecule has 3 heterocycles. The molecule has 0 spiro atoms. The molecule has 9 nitrogen and oxygen atoms in total. The predicted molar refractivity (Wildman–Crippen MR) is 145 cm³/mol. The Labute approximate surface area is 217 Å². The van der Waals surface area contributed by atoms with E-state index in [1.807, 2.05) is 29.8 Å². The Morgan fingerprint density at radius 3 is 2.35 bits per heavy atom. The molecule has 0 unspecified atom stereocenters. The summed E-state index contributed by atoms with van der Waals surface area (Å²) in [5.41, 5.74) is 4.47. The lowest BCUT2D eigenvalue weighted by molar-refractivity contribution is 0.190. The molecule has 0 amide bonds. The number of piperazine rings is 1. The molecule has 1 fully saturated rings. The van der Waals surface area contributed by atoms with Gasteiger partial charge in [0, 0.05) is 37.4 Å². The first-order chi connectivity index (χ1) is 17.7. The standard InChI is InChI=1S/C28H35N7O2/c1-18-15-19(2)24-20(16-18)17-23(27(36)29-24)25(26-30-31-32-35(26)28(3,4)5)34-13-11-33(12-14-34)21-7-9-22(37-6)10-8-21/h7-10,15-17,25H,11-14H2,1-6H3,(H,29,36)/t25-/m0/s1. The fraction of sp³-hybridized carbons (Fsp3) is 0.429. The Morgan fingerprint density at radius 1 is 1.00 bits per heavy atom. The Kier molecular flexibility index (Phi) is 6.49. The number of fused-ring (bicyclic) bond motifs is 1. The molecule has 2 aromatic carbocycles. The van der Waals surface area contributed by atoms with Crippen LogP contribution in [-0.2, 0) is 5.54 Å². The first kappa shape index (κ1) is 25.0. The van der Waals surface area contributed by atoms with Gasteiger partial charge in [0.25, 0.3) is 5.56 Å². The molecule has 5 rings (SSSR count). The summed E-state index contributed by atoms with van der Waals surface area (Å²) in [4.78, 5) is 21.4. The first-order valence-corrected chi connectivity index (χ1v) is 12.7. The van der Waals surface area contributed by atoms with E-state index in [-0.39, 0.29) is 17.1 Å². The van der Waals surface area contributed by atoms with E-state index in [2.05, 4.69) is 82.3 Å². The minimum atomic E-state index is -0.374. The number of nitrogens with one attached hydrogen (secondary N) is 1. The number of pyridine rings is 1. The summed E-state index contributed by atoms with van der Waals surface area (Å²) in [6.07, 6.45) is 0. The lowest BCUT2D eigenvalue weighted by Gasteiger charge is -2.40. The van der Waals surface area contributed by atoms with Crippen LogP contribution in [0.4, 0.5) is 5.69 Å². The molecule has 1 aliphatic heterocycles. The highest BCUT2D eigenvalue weighted by Gasteiger charge is 2.35. The summed E-state index contributed by atoms with van der Waals surface area (Å²) in [5, 5.41) is 13.8. The van der Waals surface area contributed by atoms with Crippen LogP contribution >= 0.6 is 0 Å². The zero-order valence-electron chi connectivity index (χ0n) is 22.4. The molecule has 1 saturated heterocycles. The second-order valence-corrected chi connectivity index (χ2v) is 10.8. The van der Waals surface area contributed by atoms with Gasteiger partial charge >= 0.3 is 0 Å². The maximum Gasteiger partial charge on any atom is 0.253 e. The molecule has 1 aliphatic rings. The molecular formula is C28H35N7O2. The van der Waals surface area contributed by atoms with E-state index >= 15 is 0 Å². The maximum atomic E-state index is 13.6. The Bertz CT molecular complexity index is 1460. The number of methoxy groups -OCH3 is 1. The average molecular weight is 502 g/mol. The minimum Gasteiger partial charge on any atom is -0.497 e. The van der Waals surface area contributed by atoms with Crippen LogP contribution in [0.1, 0.15) is 49.3 Å². The molecule has 4 aromatic rings. The third-order valence-electron chi connectivity index (χ3n) is 7.11. The molecule has 0 aliphatic carbocycles.